The summed E-state index contributed by atoms with van der Waals surface area (Å²) in [5.41, 5.74) is 1.44. The van der Waals surface area contributed by atoms with Gasteiger partial charge in [0.1, 0.15) is 5.82 Å². The normalized spacial score (nSPS) is 10.5. The molecule has 0 spiro atoms. The summed E-state index contributed by atoms with van der Waals surface area (Å²) < 4.78 is 14.3. The monoisotopic (exact) mass is 314 g/mol. The Balaban J connectivity index is 2.04. The third-order valence-electron chi connectivity index (χ3n) is 2.29. The topological polar surface area (TPSA) is 24.9 Å². The van der Waals surface area contributed by atoms with Crippen molar-refractivity contribution >= 4 is 33.0 Å². The molecule has 0 fully saturated rings. The Kier molecular flexibility index (Phi) is 4.12. The third kappa shape index (κ3) is 3.26. The molecule has 2 rings (SSSR count). The number of nitrogens with zero attached hydrogens (tertiary/aromatic N) is 1. The van der Waals surface area contributed by atoms with Crippen molar-refractivity contribution in [1.82, 2.24) is 4.98 Å². The molecular weight excluding hydrogens is 303 g/mol. The second-order valence-electron chi connectivity index (χ2n) is 3.56. The number of aromatic nitrogens is 1. The minimum atomic E-state index is -0.251. The van der Waals surface area contributed by atoms with E-state index in [4.69, 9.17) is 0 Å². The molecule has 1 aromatic carbocycles. The zero-order valence-electron chi connectivity index (χ0n) is 9.34. The lowest BCUT2D eigenvalue weighted by Gasteiger charge is -2.06. The van der Waals surface area contributed by atoms with Crippen LogP contribution in [0.15, 0.2) is 28.1 Å². The Hall–Kier alpha value is -0.940. The van der Waals surface area contributed by atoms with Crippen molar-refractivity contribution in [2.75, 3.05) is 5.32 Å². The van der Waals surface area contributed by atoms with Gasteiger partial charge >= 0.3 is 0 Å². The van der Waals surface area contributed by atoms with Crippen LogP contribution in [0.2, 0.25) is 0 Å². The Morgan fingerprint density at radius 3 is 3.00 bits per heavy atom. The molecular formula is C12H12BrFN2S. The Bertz CT molecular complexity index is 513. The van der Waals surface area contributed by atoms with Gasteiger partial charge in [0, 0.05) is 9.85 Å². The average molecular weight is 315 g/mol. The van der Waals surface area contributed by atoms with Gasteiger partial charge in [-0.1, -0.05) is 22.9 Å². The van der Waals surface area contributed by atoms with Crippen LogP contribution in [0.4, 0.5) is 10.1 Å². The molecule has 1 N–H and O–H groups in total. The first kappa shape index (κ1) is 12.5. The lowest BCUT2D eigenvalue weighted by Crippen LogP contribution is -2.01. The number of hydrogen-bond donors (Lipinski definition) is 1. The van der Waals surface area contributed by atoms with Crippen molar-refractivity contribution in [3.63, 3.8) is 0 Å². The van der Waals surface area contributed by atoms with Crippen molar-refractivity contribution in [2.45, 2.75) is 19.9 Å². The molecule has 0 atom stereocenters. The van der Waals surface area contributed by atoms with E-state index in [2.05, 4.69) is 33.2 Å². The van der Waals surface area contributed by atoms with Crippen molar-refractivity contribution < 1.29 is 4.39 Å². The summed E-state index contributed by atoms with van der Waals surface area (Å²) in [5.74, 6) is -0.251. The number of hydrogen-bond acceptors (Lipinski definition) is 3. The fourth-order valence-corrected chi connectivity index (χ4v) is 2.52. The standard InChI is InChI=1S/C12H12BrFN2S/c1-2-12-16-9(7-17-12)6-15-11-5-8(13)3-4-10(11)14/h3-5,7,15H,2,6H2,1H3. The van der Waals surface area contributed by atoms with Crippen LogP contribution >= 0.6 is 27.3 Å². The molecule has 5 heteroatoms. The maximum Gasteiger partial charge on any atom is 0.146 e. The summed E-state index contributed by atoms with van der Waals surface area (Å²) in [7, 11) is 0. The van der Waals surface area contributed by atoms with Gasteiger partial charge < -0.3 is 5.32 Å². The van der Waals surface area contributed by atoms with Gasteiger partial charge in [-0.05, 0) is 24.6 Å². The molecule has 0 aliphatic heterocycles. The van der Waals surface area contributed by atoms with E-state index >= 15 is 0 Å². The first-order valence-corrected chi connectivity index (χ1v) is 6.98. The van der Waals surface area contributed by atoms with Crippen molar-refractivity contribution in [3.05, 3.63) is 44.6 Å². The zero-order valence-corrected chi connectivity index (χ0v) is 11.7. The maximum atomic E-state index is 13.4. The number of anilines is 1. The first-order chi connectivity index (χ1) is 8.19. The van der Waals surface area contributed by atoms with E-state index in [1.54, 1.807) is 23.5 Å². The van der Waals surface area contributed by atoms with E-state index in [9.17, 15) is 4.39 Å². The molecule has 0 aliphatic carbocycles. The minimum absolute atomic E-state index is 0.251. The molecule has 0 bridgehead atoms. The van der Waals surface area contributed by atoms with Gasteiger partial charge in [0.2, 0.25) is 0 Å². The second kappa shape index (κ2) is 5.60. The number of aryl methyl sites for hydroxylation is 1. The highest BCUT2D eigenvalue weighted by Gasteiger charge is 2.04. The van der Waals surface area contributed by atoms with Gasteiger partial charge in [-0.25, -0.2) is 9.37 Å². The van der Waals surface area contributed by atoms with Crippen LogP contribution in [0.25, 0.3) is 0 Å². The number of benzene rings is 1. The van der Waals surface area contributed by atoms with Crippen LogP contribution in [0.3, 0.4) is 0 Å². The number of rotatable bonds is 4. The molecule has 0 amide bonds. The van der Waals surface area contributed by atoms with E-state index < -0.39 is 0 Å². The largest absolute Gasteiger partial charge is 0.377 e. The van der Waals surface area contributed by atoms with Crippen LogP contribution in [-0.4, -0.2) is 4.98 Å². The van der Waals surface area contributed by atoms with Crippen LogP contribution in [-0.2, 0) is 13.0 Å². The highest BCUT2D eigenvalue weighted by molar-refractivity contribution is 9.10. The highest BCUT2D eigenvalue weighted by atomic mass is 79.9. The molecule has 0 saturated carbocycles. The number of thiazole rings is 1. The third-order valence-corrected chi connectivity index (χ3v) is 3.83. The minimum Gasteiger partial charge on any atom is -0.377 e. The molecule has 1 aromatic heterocycles. The van der Waals surface area contributed by atoms with Gasteiger partial charge in [-0.15, -0.1) is 11.3 Å². The number of halogens is 2. The molecule has 0 saturated heterocycles. The van der Waals surface area contributed by atoms with E-state index in [0.717, 1.165) is 21.6 Å². The summed E-state index contributed by atoms with van der Waals surface area (Å²) >= 11 is 4.96. The van der Waals surface area contributed by atoms with Gasteiger partial charge in [0.05, 0.1) is 22.9 Å². The Labute approximate surface area is 112 Å². The molecule has 0 aliphatic rings. The fraction of sp³-hybridized carbons (Fsp3) is 0.250. The lowest BCUT2D eigenvalue weighted by atomic mass is 10.3. The average Bonchev–Trinajstić information content (AvgIpc) is 2.78. The van der Waals surface area contributed by atoms with Crippen LogP contribution in [0.5, 0.6) is 0 Å². The van der Waals surface area contributed by atoms with Gasteiger partial charge in [-0.3, -0.25) is 0 Å². The van der Waals surface area contributed by atoms with Crippen LogP contribution in [0.1, 0.15) is 17.6 Å². The second-order valence-corrected chi connectivity index (χ2v) is 5.42. The molecule has 17 heavy (non-hydrogen) atoms. The summed E-state index contributed by atoms with van der Waals surface area (Å²) in [4.78, 5) is 4.42. The summed E-state index contributed by atoms with van der Waals surface area (Å²) in [6.07, 6.45) is 0.940. The molecule has 0 radical (unpaired) electrons. The predicted octanol–water partition coefficient (Wildman–Crippen LogP) is 4.22. The Morgan fingerprint density at radius 2 is 2.29 bits per heavy atom. The predicted molar refractivity (Wildman–Crippen MR) is 72.9 cm³/mol. The zero-order chi connectivity index (χ0) is 12.3. The van der Waals surface area contributed by atoms with E-state index in [-0.39, 0.29) is 5.82 Å². The van der Waals surface area contributed by atoms with E-state index in [0.29, 0.717) is 12.2 Å². The van der Waals surface area contributed by atoms with Crippen LogP contribution in [0, 0.1) is 5.82 Å². The SMILES string of the molecule is CCc1nc(CNc2cc(Br)ccc2F)cs1. The summed E-state index contributed by atoms with van der Waals surface area (Å²) in [5, 5.41) is 6.16. The highest BCUT2D eigenvalue weighted by Crippen LogP contribution is 2.21. The molecule has 2 nitrogen and oxygen atoms in total. The van der Waals surface area contributed by atoms with Crippen LogP contribution < -0.4 is 5.32 Å². The van der Waals surface area contributed by atoms with Crippen molar-refractivity contribution in [2.24, 2.45) is 0 Å². The fourth-order valence-electron chi connectivity index (χ4n) is 1.41. The molecule has 0 unspecified atom stereocenters. The summed E-state index contributed by atoms with van der Waals surface area (Å²) in [6.45, 7) is 2.62. The van der Waals surface area contributed by atoms with E-state index in [1.165, 1.54) is 6.07 Å². The number of nitrogens with one attached hydrogen (secondary N) is 1. The quantitative estimate of drug-likeness (QED) is 0.914. The summed E-state index contributed by atoms with van der Waals surface area (Å²) in [6, 6.07) is 4.84. The smallest absolute Gasteiger partial charge is 0.146 e. The molecule has 90 valence electrons. The maximum absolute atomic E-state index is 13.4. The lowest BCUT2D eigenvalue weighted by molar-refractivity contribution is 0.629. The Morgan fingerprint density at radius 1 is 1.47 bits per heavy atom. The molecule has 1 heterocycles. The van der Waals surface area contributed by atoms with Gasteiger partial charge in [-0.2, -0.15) is 0 Å². The first-order valence-electron chi connectivity index (χ1n) is 5.31. The van der Waals surface area contributed by atoms with Gasteiger partial charge in [0.15, 0.2) is 0 Å². The van der Waals surface area contributed by atoms with Crippen molar-refractivity contribution in [3.8, 4) is 0 Å². The molecule has 2 aromatic rings. The van der Waals surface area contributed by atoms with E-state index in [1.807, 2.05) is 5.38 Å². The van der Waals surface area contributed by atoms with Gasteiger partial charge in [0.25, 0.3) is 0 Å². The van der Waals surface area contributed by atoms with Crippen molar-refractivity contribution in [1.29, 1.82) is 0 Å².